The predicted octanol–water partition coefficient (Wildman–Crippen LogP) is 3.69. The lowest BCUT2D eigenvalue weighted by Gasteiger charge is -2.26. The maximum atomic E-state index is 6.13. The van der Waals surface area contributed by atoms with Crippen LogP contribution in [0.3, 0.4) is 0 Å². The van der Waals surface area contributed by atoms with Crippen molar-refractivity contribution in [3.63, 3.8) is 0 Å². The molecule has 0 spiro atoms. The SMILES string of the molecule is NCCc1ccccc1OCC1CCCc2ccccc21. The normalized spacial score (nSPS) is 17.3. The van der Waals surface area contributed by atoms with Crippen LogP contribution in [0.1, 0.15) is 35.4 Å². The Hall–Kier alpha value is -1.80. The monoisotopic (exact) mass is 281 g/mol. The Bertz CT molecular complexity index is 594. The Morgan fingerprint density at radius 2 is 1.86 bits per heavy atom. The van der Waals surface area contributed by atoms with Crippen molar-refractivity contribution in [2.24, 2.45) is 5.73 Å². The van der Waals surface area contributed by atoms with E-state index in [1.807, 2.05) is 12.1 Å². The number of nitrogens with two attached hydrogens (primary N) is 1. The van der Waals surface area contributed by atoms with Crippen LogP contribution in [0.2, 0.25) is 0 Å². The first-order valence-corrected chi connectivity index (χ1v) is 7.87. The number of ether oxygens (including phenoxy) is 1. The average molecular weight is 281 g/mol. The van der Waals surface area contributed by atoms with Gasteiger partial charge in [0.15, 0.2) is 0 Å². The summed E-state index contributed by atoms with van der Waals surface area (Å²) in [5, 5.41) is 0. The molecule has 0 aliphatic heterocycles. The third kappa shape index (κ3) is 3.27. The standard InChI is InChI=1S/C19H23NO/c20-13-12-16-7-2-4-11-19(16)21-14-17-9-5-8-15-6-1-3-10-18(15)17/h1-4,6-7,10-11,17H,5,8-9,12-14,20H2. The van der Waals surface area contributed by atoms with Gasteiger partial charge in [0.25, 0.3) is 0 Å². The summed E-state index contributed by atoms with van der Waals surface area (Å²) in [6, 6.07) is 17.0. The Morgan fingerprint density at radius 3 is 2.76 bits per heavy atom. The molecule has 2 nitrogen and oxygen atoms in total. The Kier molecular flexibility index (Phi) is 4.56. The molecule has 1 aliphatic rings. The van der Waals surface area contributed by atoms with Gasteiger partial charge in [-0.2, -0.15) is 0 Å². The molecule has 0 bridgehead atoms. The summed E-state index contributed by atoms with van der Waals surface area (Å²) in [6.45, 7) is 1.42. The van der Waals surface area contributed by atoms with E-state index in [4.69, 9.17) is 10.5 Å². The number of benzene rings is 2. The second-order valence-electron chi connectivity index (χ2n) is 5.75. The molecule has 3 rings (SSSR count). The Morgan fingerprint density at radius 1 is 1.05 bits per heavy atom. The van der Waals surface area contributed by atoms with Crippen molar-refractivity contribution in [3.8, 4) is 5.75 Å². The minimum absolute atomic E-state index is 0.515. The summed E-state index contributed by atoms with van der Waals surface area (Å²) in [5.41, 5.74) is 9.85. The first-order valence-electron chi connectivity index (χ1n) is 7.87. The molecule has 21 heavy (non-hydrogen) atoms. The second-order valence-corrected chi connectivity index (χ2v) is 5.75. The molecular weight excluding hydrogens is 258 g/mol. The first kappa shape index (κ1) is 14.2. The maximum Gasteiger partial charge on any atom is 0.122 e. The zero-order chi connectivity index (χ0) is 14.5. The molecule has 0 fully saturated rings. The third-order valence-corrected chi connectivity index (χ3v) is 4.32. The fourth-order valence-corrected chi connectivity index (χ4v) is 3.22. The van der Waals surface area contributed by atoms with Crippen LogP contribution < -0.4 is 10.5 Å². The first-order chi connectivity index (χ1) is 10.4. The molecule has 1 aliphatic carbocycles. The van der Waals surface area contributed by atoms with Crippen LogP contribution >= 0.6 is 0 Å². The summed E-state index contributed by atoms with van der Waals surface area (Å²) in [7, 11) is 0. The van der Waals surface area contributed by atoms with Crippen molar-refractivity contribution >= 4 is 0 Å². The van der Waals surface area contributed by atoms with Gasteiger partial charge in [-0.15, -0.1) is 0 Å². The third-order valence-electron chi connectivity index (χ3n) is 4.32. The molecule has 0 saturated carbocycles. The van der Waals surface area contributed by atoms with Gasteiger partial charge in [-0.05, 0) is 55.0 Å². The topological polar surface area (TPSA) is 35.2 Å². The van der Waals surface area contributed by atoms with E-state index in [0.29, 0.717) is 12.5 Å². The number of rotatable bonds is 5. The highest BCUT2D eigenvalue weighted by atomic mass is 16.5. The summed E-state index contributed by atoms with van der Waals surface area (Å²) in [4.78, 5) is 0. The number of fused-ring (bicyclic) bond motifs is 1. The molecule has 110 valence electrons. The predicted molar refractivity (Wildman–Crippen MR) is 86.8 cm³/mol. The Labute approximate surface area is 126 Å². The molecule has 1 unspecified atom stereocenters. The van der Waals surface area contributed by atoms with Crippen LogP contribution in [-0.4, -0.2) is 13.2 Å². The van der Waals surface area contributed by atoms with Gasteiger partial charge in [0, 0.05) is 5.92 Å². The molecule has 2 heteroatoms. The van der Waals surface area contributed by atoms with Crippen molar-refractivity contribution in [2.75, 3.05) is 13.2 Å². The molecule has 0 saturated heterocycles. The highest BCUT2D eigenvalue weighted by Crippen LogP contribution is 2.32. The molecule has 1 atom stereocenters. The minimum Gasteiger partial charge on any atom is -0.493 e. The average Bonchev–Trinajstić information content (AvgIpc) is 2.54. The zero-order valence-corrected chi connectivity index (χ0v) is 12.4. The van der Waals surface area contributed by atoms with Crippen molar-refractivity contribution in [1.82, 2.24) is 0 Å². The fraction of sp³-hybridized carbons (Fsp3) is 0.368. The van der Waals surface area contributed by atoms with Gasteiger partial charge in [0.2, 0.25) is 0 Å². The lowest BCUT2D eigenvalue weighted by Crippen LogP contribution is -2.17. The molecule has 0 amide bonds. The van der Waals surface area contributed by atoms with E-state index in [1.165, 1.54) is 36.0 Å². The van der Waals surface area contributed by atoms with Gasteiger partial charge in [-0.1, -0.05) is 42.5 Å². The second kappa shape index (κ2) is 6.77. The lowest BCUT2D eigenvalue weighted by atomic mass is 9.83. The van der Waals surface area contributed by atoms with Crippen molar-refractivity contribution in [3.05, 3.63) is 65.2 Å². The largest absolute Gasteiger partial charge is 0.493 e. The number of hydrogen-bond acceptors (Lipinski definition) is 2. The molecule has 0 heterocycles. The maximum absolute atomic E-state index is 6.13. The van der Waals surface area contributed by atoms with Crippen LogP contribution in [0.4, 0.5) is 0 Å². The summed E-state index contributed by atoms with van der Waals surface area (Å²) in [5.74, 6) is 1.51. The zero-order valence-electron chi connectivity index (χ0n) is 12.4. The van der Waals surface area contributed by atoms with Crippen LogP contribution in [0.15, 0.2) is 48.5 Å². The highest BCUT2D eigenvalue weighted by Gasteiger charge is 2.20. The van der Waals surface area contributed by atoms with E-state index < -0.39 is 0 Å². The van der Waals surface area contributed by atoms with Crippen LogP contribution in [0, 0.1) is 0 Å². The molecule has 2 aromatic carbocycles. The van der Waals surface area contributed by atoms with E-state index in [1.54, 1.807) is 0 Å². The van der Waals surface area contributed by atoms with Gasteiger partial charge in [0.05, 0.1) is 6.61 Å². The minimum atomic E-state index is 0.515. The van der Waals surface area contributed by atoms with Gasteiger partial charge >= 0.3 is 0 Å². The van der Waals surface area contributed by atoms with Gasteiger partial charge in [0.1, 0.15) is 5.75 Å². The quantitative estimate of drug-likeness (QED) is 0.907. The summed E-state index contributed by atoms with van der Waals surface area (Å²) >= 11 is 0. The van der Waals surface area contributed by atoms with Crippen LogP contribution in [0.25, 0.3) is 0 Å². The van der Waals surface area contributed by atoms with Gasteiger partial charge in [-0.25, -0.2) is 0 Å². The smallest absolute Gasteiger partial charge is 0.122 e. The molecule has 2 aromatic rings. The number of aryl methyl sites for hydroxylation is 1. The number of para-hydroxylation sites is 1. The van der Waals surface area contributed by atoms with E-state index >= 15 is 0 Å². The molecular formula is C19H23NO. The fourth-order valence-electron chi connectivity index (χ4n) is 3.22. The highest BCUT2D eigenvalue weighted by molar-refractivity contribution is 5.35. The summed E-state index contributed by atoms with van der Waals surface area (Å²) < 4.78 is 6.13. The van der Waals surface area contributed by atoms with Gasteiger partial charge < -0.3 is 10.5 Å². The van der Waals surface area contributed by atoms with Crippen LogP contribution in [0.5, 0.6) is 5.75 Å². The molecule has 0 radical (unpaired) electrons. The lowest BCUT2D eigenvalue weighted by molar-refractivity contribution is 0.272. The van der Waals surface area contributed by atoms with Crippen molar-refractivity contribution < 1.29 is 4.74 Å². The van der Waals surface area contributed by atoms with Gasteiger partial charge in [-0.3, -0.25) is 0 Å². The van der Waals surface area contributed by atoms with E-state index in [-0.39, 0.29) is 0 Å². The van der Waals surface area contributed by atoms with Crippen molar-refractivity contribution in [2.45, 2.75) is 31.6 Å². The van der Waals surface area contributed by atoms with E-state index in [0.717, 1.165) is 18.8 Å². The van der Waals surface area contributed by atoms with E-state index in [9.17, 15) is 0 Å². The number of hydrogen-bond donors (Lipinski definition) is 1. The molecule has 0 aromatic heterocycles. The summed E-state index contributed by atoms with van der Waals surface area (Å²) in [6.07, 6.45) is 4.55. The molecule has 2 N–H and O–H groups in total. The Balaban J connectivity index is 1.72. The van der Waals surface area contributed by atoms with Crippen molar-refractivity contribution in [1.29, 1.82) is 0 Å². The van der Waals surface area contributed by atoms with E-state index in [2.05, 4.69) is 36.4 Å². The van der Waals surface area contributed by atoms with Crippen LogP contribution in [-0.2, 0) is 12.8 Å².